The third-order valence-corrected chi connectivity index (χ3v) is 2.15. The Balaban J connectivity index is 2.80. The van der Waals surface area contributed by atoms with Crippen LogP contribution in [0.15, 0.2) is 12.3 Å². The standard InChI is InChI=1S/C9H9ClF3N3O/c1-14-7(17)4-16-8-6(10)2-5(3-15-8)9(11,12)13/h2-3H,4H2,1H3,(H,14,17)(H,15,16). The normalized spacial score (nSPS) is 11.1. The SMILES string of the molecule is CNC(=O)CNc1ncc(C(F)(F)F)cc1Cl. The van der Waals surface area contributed by atoms with Gasteiger partial charge in [-0.3, -0.25) is 4.79 Å². The zero-order valence-corrected chi connectivity index (χ0v) is 9.49. The van der Waals surface area contributed by atoms with Gasteiger partial charge in [-0.2, -0.15) is 13.2 Å². The Morgan fingerprint density at radius 1 is 1.53 bits per heavy atom. The van der Waals surface area contributed by atoms with E-state index in [0.717, 1.165) is 6.07 Å². The molecule has 0 spiro atoms. The molecule has 4 nitrogen and oxygen atoms in total. The second-order valence-corrected chi connectivity index (χ2v) is 3.49. The average Bonchev–Trinajstić information content (AvgIpc) is 2.25. The summed E-state index contributed by atoms with van der Waals surface area (Å²) in [6.45, 7) is -0.116. The summed E-state index contributed by atoms with van der Waals surface area (Å²) in [6.07, 6.45) is -3.84. The van der Waals surface area contributed by atoms with Gasteiger partial charge in [0, 0.05) is 13.2 Å². The molecular formula is C9H9ClF3N3O. The van der Waals surface area contributed by atoms with Crippen molar-refractivity contribution in [2.24, 2.45) is 0 Å². The third kappa shape index (κ3) is 3.77. The molecule has 17 heavy (non-hydrogen) atoms. The third-order valence-electron chi connectivity index (χ3n) is 1.86. The molecule has 0 saturated carbocycles. The fraction of sp³-hybridized carbons (Fsp3) is 0.333. The van der Waals surface area contributed by atoms with Crippen molar-refractivity contribution in [1.82, 2.24) is 10.3 Å². The summed E-state index contributed by atoms with van der Waals surface area (Å²) in [7, 11) is 1.44. The minimum absolute atomic E-state index is 0.0308. The number of nitrogens with one attached hydrogen (secondary N) is 2. The number of anilines is 1. The predicted octanol–water partition coefficient (Wildman–Crippen LogP) is 1.91. The van der Waals surface area contributed by atoms with E-state index in [0.29, 0.717) is 6.20 Å². The van der Waals surface area contributed by atoms with Gasteiger partial charge in [0.15, 0.2) is 0 Å². The molecule has 0 bridgehead atoms. The molecule has 0 unspecified atom stereocenters. The molecule has 1 aromatic heterocycles. The van der Waals surface area contributed by atoms with Crippen molar-refractivity contribution in [1.29, 1.82) is 0 Å². The van der Waals surface area contributed by atoms with Crippen LogP contribution in [0, 0.1) is 0 Å². The first-order chi connectivity index (χ1) is 7.84. The van der Waals surface area contributed by atoms with E-state index in [1.807, 2.05) is 0 Å². The molecular weight excluding hydrogens is 259 g/mol. The van der Waals surface area contributed by atoms with Crippen LogP contribution >= 0.6 is 11.6 Å². The highest BCUT2D eigenvalue weighted by Crippen LogP contribution is 2.32. The Hall–Kier alpha value is -1.50. The van der Waals surface area contributed by atoms with Gasteiger partial charge in [0.2, 0.25) is 5.91 Å². The minimum Gasteiger partial charge on any atom is -0.360 e. The van der Waals surface area contributed by atoms with Gasteiger partial charge in [0.1, 0.15) is 5.82 Å². The van der Waals surface area contributed by atoms with Crippen LogP contribution < -0.4 is 10.6 Å². The lowest BCUT2D eigenvalue weighted by molar-refractivity contribution is -0.137. The molecule has 0 aliphatic carbocycles. The molecule has 0 atom stereocenters. The molecule has 0 fully saturated rings. The van der Waals surface area contributed by atoms with E-state index in [1.54, 1.807) is 0 Å². The number of alkyl halides is 3. The Morgan fingerprint density at radius 2 is 2.18 bits per heavy atom. The maximum Gasteiger partial charge on any atom is 0.417 e. The van der Waals surface area contributed by atoms with Crippen molar-refractivity contribution < 1.29 is 18.0 Å². The van der Waals surface area contributed by atoms with Crippen LogP contribution in [0.1, 0.15) is 5.56 Å². The Kier molecular flexibility index (Phi) is 4.17. The van der Waals surface area contributed by atoms with Gasteiger partial charge < -0.3 is 10.6 Å². The van der Waals surface area contributed by atoms with Crippen molar-refractivity contribution in [2.75, 3.05) is 18.9 Å². The van der Waals surface area contributed by atoms with Crippen LogP contribution in [-0.4, -0.2) is 24.5 Å². The highest BCUT2D eigenvalue weighted by Gasteiger charge is 2.31. The van der Waals surface area contributed by atoms with Crippen molar-refractivity contribution in [2.45, 2.75) is 6.18 Å². The predicted molar refractivity (Wildman–Crippen MR) is 56.8 cm³/mol. The van der Waals surface area contributed by atoms with Gasteiger partial charge in [-0.1, -0.05) is 11.6 Å². The fourth-order valence-electron chi connectivity index (χ4n) is 0.975. The second kappa shape index (κ2) is 5.22. The number of pyridine rings is 1. The first-order valence-electron chi connectivity index (χ1n) is 4.51. The van der Waals surface area contributed by atoms with Crippen LogP contribution in [0.4, 0.5) is 19.0 Å². The van der Waals surface area contributed by atoms with Crippen LogP contribution in [0.2, 0.25) is 5.02 Å². The monoisotopic (exact) mass is 267 g/mol. The number of amides is 1. The van der Waals surface area contributed by atoms with Crippen molar-refractivity contribution >= 4 is 23.3 Å². The van der Waals surface area contributed by atoms with E-state index in [4.69, 9.17) is 11.6 Å². The maximum absolute atomic E-state index is 12.3. The molecule has 0 saturated heterocycles. The Labute approximate surface area is 100 Å². The molecule has 1 aromatic rings. The summed E-state index contributed by atoms with van der Waals surface area (Å²) in [6, 6.07) is 0.751. The van der Waals surface area contributed by atoms with Gasteiger partial charge in [-0.25, -0.2) is 4.98 Å². The van der Waals surface area contributed by atoms with Crippen LogP contribution in [0.25, 0.3) is 0 Å². The number of carbonyl (C=O) groups excluding carboxylic acids is 1. The molecule has 8 heteroatoms. The number of halogens is 4. The number of carbonyl (C=O) groups is 1. The average molecular weight is 268 g/mol. The van der Waals surface area contributed by atoms with Crippen molar-refractivity contribution in [3.05, 3.63) is 22.8 Å². The molecule has 1 amide bonds. The molecule has 94 valence electrons. The number of aromatic nitrogens is 1. The highest BCUT2D eigenvalue weighted by atomic mass is 35.5. The summed E-state index contributed by atoms with van der Waals surface area (Å²) in [5.41, 5.74) is -0.937. The molecule has 2 N–H and O–H groups in total. The lowest BCUT2D eigenvalue weighted by atomic mass is 10.3. The summed E-state index contributed by atoms with van der Waals surface area (Å²) in [4.78, 5) is 14.4. The fourth-order valence-corrected chi connectivity index (χ4v) is 1.21. The quantitative estimate of drug-likeness (QED) is 0.880. The van der Waals surface area contributed by atoms with Gasteiger partial charge >= 0.3 is 6.18 Å². The molecule has 0 aliphatic rings. The second-order valence-electron chi connectivity index (χ2n) is 3.08. The minimum atomic E-state index is -4.49. The van der Waals surface area contributed by atoms with E-state index in [1.165, 1.54) is 7.05 Å². The number of rotatable bonds is 3. The lowest BCUT2D eigenvalue weighted by Gasteiger charge is -2.10. The lowest BCUT2D eigenvalue weighted by Crippen LogP contribution is -2.26. The van der Waals surface area contributed by atoms with Crippen molar-refractivity contribution in [3.8, 4) is 0 Å². The maximum atomic E-state index is 12.3. The molecule has 1 rings (SSSR count). The number of likely N-dealkylation sites (N-methyl/N-ethyl adjacent to an activating group) is 1. The molecule has 0 aliphatic heterocycles. The van der Waals surface area contributed by atoms with Crippen LogP contribution in [0.3, 0.4) is 0 Å². The Bertz CT molecular complexity index is 422. The molecule has 0 aromatic carbocycles. The van der Waals surface area contributed by atoms with E-state index in [9.17, 15) is 18.0 Å². The van der Waals surface area contributed by atoms with Gasteiger partial charge in [0.05, 0.1) is 17.1 Å². The zero-order chi connectivity index (χ0) is 13.1. The summed E-state index contributed by atoms with van der Waals surface area (Å²) in [5.74, 6) is -0.300. The van der Waals surface area contributed by atoms with Gasteiger partial charge in [-0.15, -0.1) is 0 Å². The molecule has 1 heterocycles. The van der Waals surface area contributed by atoms with Crippen LogP contribution in [-0.2, 0) is 11.0 Å². The van der Waals surface area contributed by atoms with Gasteiger partial charge in [0.25, 0.3) is 0 Å². The first kappa shape index (κ1) is 13.6. The van der Waals surface area contributed by atoms with E-state index in [-0.39, 0.29) is 23.3 Å². The number of hydrogen-bond donors (Lipinski definition) is 2. The smallest absolute Gasteiger partial charge is 0.360 e. The number of nitrogens with zero attached hydrogens (tertiary/aromatic N) is 1. The summed E-state index contributed by atoms with van der Waals surface area (Å²) in [5, 5.41) is 4.67. The largest absolute Gasteiger partial charge is 0.417 e. The van der Waals surface area contributed by atoms with E-state index >= 15 is 0 Å². The molecule has 0 radical (unpaired) electrons. The van der Waals surface area contributed by atoms with Crippen molar-refractivity contribution in [3.63, 3.8) is 0 Å². The summed E-state index contributed by atoms with van der Waals surface area (Å²) < 4.78 is 36.9. The highest BCUT2D eigenvalue weighted by molar-refractivity contribution is 6.33. The Morgan fingerprint density at radius 3 is 2.65 bits per heavy atom. The van der Waals surface area contributed by atoms with Crippen LogP contribution in [0.5, 0.6) is 0 Å². The van der Waals surface area contributed by atoms with Gasteiger partial charge in [-0.05, 0) is 6.07 Å². The number of hydrogen-bond acceptors (Lipinski definition) is 3. The van der Waals surface area contributed by atoms with E-state index in [2.05, 4.69) is 15.6 Å². The first-order valence-corrected chi connectivity index (χ1v) is 4.89. The van der Waals surface area contributed by atoms with E-state index < -0.39 is 11.7 Å². The topological polar surface area (TPSA) is 54.0 Å². The zero-order valence-electron chi connectivity index (χ0n) is 8.73. The summed E-state index contributed by atoms with van der Waals surface area (Å²) >= 11 is 5.61.